The highest BCUT2D eigenvalue weighted by atomic mass is 15.2. The molecule has 1 aliphatic heterocycles. The van der Waals surface area contributed by atoms with E-state index < -0.39 is 0 Å². The third kappa shape index (κ3) is 2.50. The fourth-order valence-corrected chi connectivity index (χ4v) is 2.75. The molecule has 2 heterocycles. The van der Waals surface area contributed by atoms with Crippen LogP contribution in [0.4, 0.5) is 0 Å². The molecule has 2 N–H and O–H groups in total. The first-order chi connectivity index (χ1) is 9.63. The van der Waals surface area contributed by atoms with Gasteiger partial charge in [0.05, 0.1) is 6.54 Å². The zero-order valence-electron chi connectivity index (χ0n) is 12.4. The van der Waals surface area contributed by atoms with Crippen LogP contribution in [0, 0.1) is 6.92 Å². The molecule has 2 aromatic rings. The molecule has 0 aliphatic carbocycles. The van der Waals surface area contributed by atoms with E-state index in [0.717, 1.165) is 25.5 Å². The number of nitrogens with one attached hydrogen (secondary N) is 2. The predicted molar refractivity (Wildman–Crippen MR) is 84.3 cm³/mol. The number of fused-ring (bicyclic) bond motifs is 1. The average molecular weight is 270 g/mol. The molecule has 0 saturated carbocycles. The zero-order valence-corrected chi connectivity index (χ0v) is 12.4. The van der Waals surface area contributed by atoms with E-state index >= 15 is 0 Å². The smallest absolute Gasteiger partial charge is 0.191 e. The van der Waals surface area contributed by atoms with Gasteiger partial charge in [-0.15, -0.1) is 0 Å². The summed E-state index contributed by atoms with van der Waals surface area (Å²) in [5, 5.41) is 8.06. The maximum Gasteiger partial charge on any atom is 0.191 e. The number of hydrogen-bond donors (Lipinski definition) is 2. The molecule has 106 valence electrons. The lowest BCUT2D eigenvalue weighted by atomic mass is 10.1. The van der Waals surface area contributed by atoms with Gasteiger partial charge in [0, 0.05) is 36.7 Å². The molecule has 1 unspecified atom stereocenters. The number of guanidine groups is 1. The Kier molecular flexibility index (Phi) is 3.38. The second kappa shape index (κ2) is 5.19. The number of rotatable bonds is 3. The molecule has 1 aliphatic rings. The monoisotopic (exact) mass is 270 g/mol. The van der Waals surface area contributed by atoms with Crippen LogP contribution in [0.5, 0.6) is 0 Å². The van der Waals surface area contributed by atoms with Gasteiger partial charge >= 0.3 is 0 Å². The lowest BCUT2D eigenvalue weighted by molar-refractivity contribution is 0.712. The first-order valence-corrected chi connectivity index (χ1v) is 7.23. The maximum absolute atomic E-state index is 4.42. The number of hydrogen-bond acceptors (Lipinski definition) is 3. The molecule has 20 heavy (non-hydrogen) atoms. The Labute approximate surface area is 119 Å². The van der Waals surface area contributed by atoms with Crippen molar-refractivity contribution in [1.29, 1.82) is 0 Å². The number of aliphatic imine (C=N–C) groups is 1. The molecule has 1 aromatic carbocycles. The van der Waals surface area contributed by atoms with E-state index in [1.165, 1.54) is 22.0 Å². The minimum absolute atomic E-state index is 0.457. The number of aromatic nitrogens is 1. The highest BCUT2D eigenvalue weighted by Gasteiger charge is 2.12. The van der Waals surface area contributed by atoms with Crippen molar-refractivity contribution < 1.29 is 0 Å². The summed E-state index contributed by atoms with van der Waals surface area (Å²) < 4.78 is 2.21. The van der Waals surface area contributed by atoms with Crippen molar-refractivity contribution in [2.45, 2.75) is 26.3 Å². The molecule has 3 rings (SSSR count). The Balaban J connectivity index is 1.69. The quantitative estimate of drug-likeness (QED) is 0.895. The number of nitrogens with zero attached hydrogens (tertiary/aromatic N) is 2. The Morgan fingerprint density at radius 3 is 3.05 bits per heavy atom. The molecule has 1 atom stereocenters. The van der Waals surface area contributed by atoms with E-state index in [4.69, 9.17) is 0 Å². The highest BCUT2D eigenvalue weighted by Crippen LogP contribution is 2.22. The van der Waals surface area contributed by atoms with Crippen LogP contribution >= 0.6 is 0 Å². The molecule has 0 radical (unpaired) electrons. The van der Waals surface area contributed by atoms with Gasteiger partial charge in [-0.05, 0) is 37.5 Å². The summed E-state index contributed by atoms with van der Waals surface area (Å²) in [4.78, 5) is 4.42. The summed E-state index contributed by atoms with van der Waals surface area (Å²) in [5.74, 6) is 0.939. The van der Waals surface area contributed by atoms with Crippen molar-refractivity contribution in [3.63, 3.8) is 0 Å². The molecular weight excluding hydrogens is 248 g/mol. The van der Waals surface area contributed by atoms with E-state index in [9.17, 15) is 0 Å². The van der Waals surface area contributed by atoms with Crippen LogP contribution < -0.4 is 10.6 Å². The van der Waals surface area contributed by atoms with Crippen LogP contribution in [0.2, 0.25) is 0 Å². The Morgan fingerprint density at radius 1 is 1.45 bits per heavy atom. The summed E-state index contributed by atoms with van der Waals surface area (Å²) in [7, 11) is 2.11. The van der Waals surface area contributed by atoms with Crippen LogP contribution in [0.3, 0.4) is 0 Å². The van der Waals surface area contributed by atoms with Gasteiger partial charge in [0.15, 0.2) is 5.96 Å². The number of aryl methyl sites for hydroxylation is 2. The lowest BCUT2D eigenvalue weighted by Crippen LogP contribution is -2.38. The summed E-state index contributed by atoms with van der Waals surface area (Å²) in [6.45, 7) is 6.06. The van der Waals surface area contributed by atoms with Gasteiger partial charge in [0.25, 0.3) is 0 Å². The van der Waals surface area contributed by atoms with Gasteiger partial charge in [-0.1, -0.05) is 12.1 Å². The third-order valence-corrected chi connectivity index (χ3v) is 3.82. The van der Waals surface area contributed by atoms with Gasteiger partial charge in [-0.25, -0.2) is 0 Å². The molecule has 0 amide bonds. The van der Waals surface area contributed by atoms with Gasteiger partial charge in [-0.3, -0.25) is 4.99 Å². The first kappa shape index (κ1) is 13.0. The van der Waals surface area contributed by atoms with Crippen molar-refractivity contribution in [2.75, 3.05) is 13.1 Å². The molecule has 4 heteroatoms. The van der Waals surface area contributed by atoms with Gasteiger partial charge < -0.3 is 15.2 Å². The van der Waals surface area contributed by atoms with E-state index in [1.807, 2.05) is 0 Å². The summed E-state index contributed by atoms with van der Waals surface area (Å²) >= 11 is 0. The Morgan fingerprint density at radius 2 is 2.30 bits per heavy atom. The van der Waals surface area contributed by atoms with Gasteiger partial charge in [0.1, 0.15) is 0 Å². The highest BCUT2D eigenvalue weighted by molar-refractivity contribution is 5.85. The standard InChI is InChI=1S/C16H22N4/c1-11-4-5-14-13(10-20(3)15(14)8-11)6-7-17-16-18-9-12(2)19-16/h4-5,8,10,12H,6-7,9H2,1-3H3,(H2,17,18,19). The minimum atomic E-state index is 0.457. The lowest BCUT2D eigenvalue weighted by Gasteiger charge is -2.08. The summed E-state index contributed by atoms with van der Waals surface area (Å²) in [5.41, 5.74) is 4.01. The molecule has 0 saturated heterocycles. The van der Waals surface area contributed by atoms with Crippen molar-refractivity contribution in [1.82, 2.24) is 15.2 Å². The van der Waals surface area contributed by atoms with Gasteiger partial charge in [0.2, 0.25) is 0 Å². The van der Waals surface area contributed by atoms with Crippen molar-refractivity contribution >= 4 is 16.9 Å². The van der Waals surface area contributed by atoms with Crippen molar-refractivity contribution in [2.24, 2.45) is 12.0 Å². The average Bonchev–Trinajstić information content (AvgIpc) is 2.95. The molecular formula is C16H22N4. The zero-order chi connectivity index (χ0) is 14.1. The topological polar surface area (TPSA) is 41.4 Å². The molecule has 0 bridgehead atoms. The Hall–Kier alpha value is -1.97. The van der Waals surface area contributed by atoms with Crippen LogP contribution in [0.15, 0.2) is 29.4 Å². The largest absolute Gasteiger partial charge is 0.356 e. The van der Waals surface area contributed by atoms with Crippen LogP contribution in [-0.2, 0) is 13.5 Å². The van der Waals surface area contributed by atoms with Crippen molar-refractivity contribution in [3.8, 4) is 0 Å². The summed E-state index contributed by atoms with van der Waals surface area (Å²) in [6.07, 6.45) is 3.24. The SMILES string of the molecule is Cc1ccc2c(CCNC3=NCC(C)N3)cn(C)c2c1. The second-order valence-electron chi connectivity index (χ2n) is 5.70. The molecule has 4 nitrogen and oxygen atoms in total. The normalized spacial score (nSPS) is 18.1. The van der Waals surface area contributed by atoms with Crippen LogP contribution in [-0.4, -0.2) is 29.7 Å². The predicted octanol–water partition coefficient (Wildman–Crippen LogP) is 1.97. The number of benzene rings is 1. The second-order valence-corrected chi connectivity index (χ2v) is 5.70. The van der Waals surface area contributed by atoms with Crippen LogP contribution in [0.25, 0.3) is 10.9 Å². The maximum atomic E-state index is 4.42. The molecule has 1 aromatic heterocycles. The third-order valence-electron chi connectivity index (χ3n) is 3.82. The summed E-state index contributed by atoms with van der Waals surface area (Å²) in [6, 6.07) is 7.12. The van der Waals surface area contributed by atoms with E-state index in [-0.39, 0.29) is 0 Å². The van der Waals surface area contributed by atoms with E-state index in [2.05, 4.69) is 65.5 Å². The van der Waals surface area contributed by atoms with E-state index in [0.29, 0.717) is 6.04 Å². The minimum Gasteiger partial charge on any atom is -0.356 e. The Bertz CT molecular complexity index is 654. The van der Waals surface area contributed by atoms with Crippen LogP contribution in [0.1, 0.15) is 18.1 Å². The molecule has 0 spiro atoms. The van der Waals surface area contributed by atoms with E-state index in [1.54, 1.807) is 0 Å². The van der Waals surface area contributed by atoms with Crippen molar-refractivity contribution in [3.05, 3.63) is 35.5 Å². The fraction of sp³-hybridized carbons (Fsp3) is 0.438. The first-order valence-electron chi connectivity index (χ1n) is 7.23. The fourth-order valence-electron chi connectivity index (χ4n) is 2.75. The van der Waals surface area contributed by atoms with Gasteiger partial charge in [-0.2, -0.15) is 0 Å². The molecule has 0 fully saturated rings.